The lowest BCUT2D eigenvalue weighted by molar-refractivity contribution is 0.0417. The number of hydrogen-bond donors (Lipinski definition) is 1. The maximum Gasteiger partial charge on any atom is 0.156 e. The van der Waals surface area contributed by atoms with E-state index >= 15 is 0 Å². The van der Waals surface area contributed by atoms with Crippen molar-refractivity contribution in [2.75, 3.05) is 19.3 Å². The molecule has 3 rings (SSSR count). The van der Waals surface area contributed by atoms with E-state index in [0.29, 0.717) is 12.7 Å². The van der Waals surface area contributed by atoms with Gasteiger partial charge in [-0.1, -0.05) is 42.8 Å². The molecule has 128 valence electrons. The third kappa shape index (κ3) is 4.92. The van der Waals surface area contributed by atoms with E-state index in [9.17, 15) is 0 Å². The number of nitrogens with one attached hydrogen (secondary N) is 1. The summed E-state index contributed by atoms with van der Waals surface area (Å²) in [5.74, 6) is 1.63. The molecule has 0 spiro atoms. The van der Waals surface area contributed by atoms with Gasteiger partial charge in [0.1, 0.15) is 6.61 Å². The van der Waals surface area contributed by atoms with Crippen molar-refractivity contribution in [1.29, 1.82) is 0 Å². The van der Waals surface area contributed by atoms with Crippen molar-refractivity contribution in [3.05, 3.63) is 42.0 Å². The lowest BCUT2D eigenvalue weighted by atomic mass is 10.1. The van der Waals surface area contributed by atoms with Gasteiger partial charge in [0.05, 0.1) is 6.10 Å². The molecule has 2 aliphatic rings. The van der Waals surface area contributed by atoms with Gasteiger partial charge in [0, 0.05) is 37.3 Å². The molecule has 1 aromatic rings. The second-order valence-corrected chi connectivity index (χ2v) is 6.90. The lowest BCUT2D eigenvalue weighted by Crippen LogP contribution is -2.20. The predicted octanol–water partition coefficient (Wildman–Crippen LogP) is 3.20. The third-order valence-corrected chi connectivity index (χ3v) is 5.12. The molecule has 1 aromatic heterocycles. The molecule has 0 unspecified atom stereocenters. The number of nitrogens with zero attached hydrogens (tertiary/aromatic N) is 3. The summed E-state index contributed by atoms with van der Waals surface area (Å²) in [5, 5.41) is 4.25. The summed E-state index contributed by atoms with van der Waals surface area (Å²) in [6, 6.07) is 0. The van der Waals surface area contributed by atoms with E-state index in [4.69, 9.17) is 4.74 Å². The molecular weight excluding hydrogens is 320 g/mol. The predicted molar refractivity (Wildman–Crippen MR) is 100 cm³/mol. The van der Waals surface area contributed by atoms with E-state index < -0.39 is 0 Å². The third-order valence-electron chi connectivity index (χ3n) is 4.18. The second-order valence-electron chi connectivity index (χ2n) is 5.89. The van der Waals surface area contributed by atoms with E-state index in [1.807, 2.05) is 19.4 Å². The molecule has 0 saturated heterocycles. The number of thioether (sulfide) groups is 1. The van der Waals surface area contributed by atoms with Crippen molar-refractivity contribution in [3.8, 4) is 0 Å². The minimum atomic E-state index is 0.396. The first-order valence-corrected chi connectivity index (χ1v) is 9.47. The van der Waals surface area contributed by atoms with Crippen LogP contribution >= 0.6 is 11.8 Å². The van der Waals surface area contributed by atoms with Gasteiger partial charge in [-0.25, -0.2) is 9.97 Å². The van der Waals surface area contributed by atoms with Crippen LogP contribution < -0.4 is 5.32 Å². The number of ether oxygens (including phenoxy) is 1. The Labute approximate surface area is 147 Å². The molecule has 0 aromatic carbocycles. The summed E-state index contributed by atoms with van der Waals surface area (Å²) < 4.78 is 5.87. The Hall–Kier alpha value is -1.66. The van der Waals surface area contributed by atoms with Gasteiger partial charge >= 0.3 is 0 Å². The topological polar surface area (TPSA) is 59.4 Å². The largest absolute Gasteiger partial charge is 0.370 e. The number of rotatable bonds is 4. The van der Waals surface area contributed by atoms with Gasteiger partial charge < -0.3 is 10.1 Å². The van der Waals surface area contributed by atoms with Crippen LogP contribution in [0.5, 0.6) is 0 Å². The van der Waals surface area contributed by atoms with Gasteiger partial charge in [-0.3, -0.25) is 4.99 Å². The Morgan fingerprint density at radius 1 is 1.29 bits per heavy atom. The fourth-order valence-electron chi connectivity index (χ4n) is 2.85. The van der Waals surface area contributed by atoms with Crippen LogP contribution in [0.1, 0.15) is 37.1 Å². The zero-order chi connectivity index (χ0) is 16.6. The SMILES string of the molecule is CN=C1NC/C=C\C(c2cnc(COC3CCCC3)nc2)=C/CS1. The van der Waals surface area contributed by atoms with Crippen LogP contribution in [-0.4, -0.2) is 40.6 Å². The smallest absolute Gasteiger partial charge is 0.156 e. The summed E-state index contributed by atoms with van der Waals surface area (Å²) in [6.45, 7) is 1.28. The van der Waals surface area contributed by atoms with Crippen LogP contribution in [0, 0.1) is 0 Å². The molecule has 1 fully saturated rings. The minimum absolute atomic E-state index is 0.396. The van der Waals surface area contributed by atoms with Crippen LogP contribution in [0.3, 0.4) is 0 Å². The van der Waals surface area contributed by atoms with Crippen molar-refractivity contribution in [3.63, 3.8) is 0 Å². The average molecular weight is 344 g/mol. The van der Waals surface area contributed by atoms with Crippen LogP contribution in [-0.2, 0) is 11.3 Å². The van der Waals surface area contributed by atoms with Crippen molar-refractivity contribution in [2.24, 2.45) is 4.99 Å². The maximum absolute atomic E-state index is 5.87. The molecule has 0 bridgehead atoms. The Bertz CT molecular complexity index is 618. The number of allylic oxidation sites excluding steroid dienone is 2. The summed E-state index contributed by atoms with van der Waals surface area (Å²) in [4.78, 5) is 13.2. The quantitative estimate of drug-likeness (QED) is 0.909. The van der Waals surface area contributed by atoms with Crippen molar-refractivity contribution >= 4 is 22.5 Å². The van der Waals surface area contributed by atoms with Crippen LogP contribution in [0.15, 0.2) is 35.6 Å². The molecule has 0 atom stereocenters. The molecule has 0 amide bonds. The van der Waals surface area contributed by atoms with E-state index in [1.54, 1.807) is 11.8 Å². The van der Waals surface area contributed by atoms with E-state index in [2.05, 4.69) is 38.5 Å². The number of hydrogen-bond acceptors (Lipinski definition) is 5. The van der Waals surface area contributed by atoms with Crippen molar-refractivity contribution in [1.82, 2.24) is 15.3 Å². The number of amidine groups is 1. The Balaban J connectivity index is 1.61. The highest BCUT2D eigenvalue weighted by Crippen LogP contribution is 2.22. The zero-order valence-electron chi connectivity index (χ0n) is 14.1. The van der Waals surface area contributed by atoms with Crippen LogP contribution in [0.25, 0.3) is 5.57 Å². The summed E-state index contributed by atoms with van der Waals surface area (Å²) in [5.41, 5.74) is 2.18. The first-order valence-electron chi connectivity index (χ1n) is 8.48. The minimum Gasteiger partial charge on any atom is -0.370 e. The highest BCUT2D eigenvalue weighted by molar-refractivity contribution is 8.13. The molecule has 1 saturated carbocycles. The van der Waals surface area contributed by atoms with Gasteiger partial charge in [0.2, 0.25) is 0 Å². The highest BCUT2D eigenvalue weighted by Gasteiger charge is 2.15. The molecule has 6 heteroatoms. The van der Waals surface area contributed by atoms with E-state index in [1.165, 1.54) is 25.7 Å². The fourth-order valence-corrected chi connectivity index (χ4v) is 3.58. The summed E-state index contributed by atoms with van der Waals surface area (Å²) in [7, 11) is 1.81. The Morgan fingerprint density at radius 2 is 2.08 bits per heavy atom. The van der Waals surface area contributed by atoms with Crippen LogP contribution in [0.2, 0.25) is 0 Å². The molecular formula is C18H24N4OS. The van der Waals surface area contributed by atoms with Gasteiger partial charge in [0.25, 0.3) is 0 Å². The molecule has 24 heavy (non-hydrogen) atoms. The van der Waals surface area contributed by atoms with Gasteiger partial charge in [-0.15, -0.1) is 0 Å². The molecule has 1 N–H and O–H groups in total. The standard InChI is InChI=1S/C18H24N4OS/c1-19-18-20-9-4-5-14(8-10-24-18)15-11-21-17(22-12-15)13-23-16-6-2-3-7-16/h4-5,8,11-12,16H,2-3,6-7,9-10,13H2,1H3,(H,19,20)/b5-4-,14-8+. The molecule has 5 nitrogen and oxygen atoms in total. The molecule has 2 heterocycles. The summed E-state index contributed by atoms with van der Waals surface area (Å²) in [6.07, 6.45) is 15.5. The van der Waals surface area contributed by atoms with Crippen LogP contribution in [0.4, 0.5) is 0 Å². The van der Waals surface area contributed by atoms with Gasteiger partial charge in [0.15, 0.2) is 11.0 Å². The van der Waals surface area contributed by atoms with E-state index in [-0.39, 0.29) is 0 Å². The zero-order valence-corrected chi connectivity index (χ0v) is 14.9. The maximum atomic E-state index is 5.87. The number of aromatic nitrogens is 2. The van der Waals surface area contributed by atoms with Crippen molar-refractivity contribution in [2.45, 2.75) is 38.4 Å². The number of aliphatic imine (C=N–C) groups is 1. The first kappa shape index (κ1) is 17.2. The fraction of sp³-hybridized carbons (Fsp3) is 0.500. The second kappa shape index (κ2) is 8.99. The van der Waals surface area contributed by atoms with Gasteiger partial charge in [-0.2, -0.15) is 0 Å². The lowest BCUT2D eigenvalue weighted by Gasteiger charge is -2.10. The Kier molecular flexibility index (Phi) is 6.43. The van der Waals surface area contributed by atoms with Crippen molar-refractivity contribution < 1.29 is 4.74 Å². The average Bonchev–Trinajstić information content (AvgIpc) is 3.17. The first-order chi connectivity index (χ1) is 11.8. The molecule has 1 aliphatic heterocycles. The van der Waals surface area contributed by atoms with Gasteiger partial charge in [-0.05, 0) is 18.4 Å². The monoisotopic (exact) mass is 344 g/mol. The molecule has 1 aliphatic carbocycles. The highest BCUT2D eigenvalue weighted by atomic mass is 32.2. The Morgan fingerprint density at radius 3 is 2.83 bits per heavy atom. The normalized spacial score (nSPS) is 24.5. The molecule has 0 radical (unpaired) electrons. The van der Waals surface area contributed by atoms with E-state index in [0.717, 1.165) is 34.4 Å². The summed E-state index contributed by atoms with van der Waals surface area (Å²) >= 11 is 1.70.